The second kappa shape index (κ2) is 22.7. The summed E-state index contributed by atoms with van der Waals surface area (Å²) < 4.78 is 0. The van der Waals surface area contributed by atoms with Crippen LogP contribution < -0.4 is 0 Å². The highest BCUT2D eigenvalue weighted by Gasteiger charge is 2.20. The lowest BCUT2D eigenvalue weighted by molar-refractivity contribution is 0.551. The molecule has 0 amide bonds. The van der Waals surface area contributed by atoms with Gasteiger partial charge in [-0.3, -0.25) is 0 Å². The van der Waals surface area contributed by atoms with Crippen LogP contribution in [0.3, 0.4) is 0 Å². The average molecular weight is 523 g/mol. The third kappa shape index (κ3) is 15.7. The van der Waals surface area contributed by atoms with Gasteiger partial charge in [0, 0.05) is 10.5 Å². The molecule has 2 atom stereocenters. The molecule has 0 saturated carbocycles. The van der Waals surface area contributed by atoms with E-state index in [1.54, 1.807) is 0 Å². The van der Waals surface area contributed by atoms with Crippen LogP contribution in [0, 0.1) is 0 Å². The Labute approximate surface area is 235 Å². The van der Waals surface area contributed by atoms with Gasteiger partial charge >= 0.3 is 0 Å². The molecule has 2 rings (SSSR count). The number of thioether (sulfide) groups is 1. The molecule has 0 saturated heterocycles. The van der Waals surface area contributed by atoms with Crippen molar-refractivity contribution in [2.75, 3.05) is 0 Å². The van der Waals surface area contributed by atoms with Gasteiger partial charge in [-0.15, -0.1) is 11.8 Å². The molecule has 0 aliphatic heterocycles. The minimum absolute atomic E-state index is 0.606. The fourth-order valence-electron chi connectivity index (χ4n) is 5.44. The van der Waals surface area contributed by atoms with Crippen molar-refractivity contribution in [3.8, 4) is 0 Å². The Bertz CT molecular complexity index is 661. The Morgan fingerprint density at radius 1 is 0.405 bits per heavy atom. The Balaban J connectivity index is 1.83. The standard InChI is InChI=1S/C36H58S/c1-3-5-7-9-11-13-15-17-25-31-35(33-27-21-19-22-28-33)37-36(34-29-23-20-24-30-34)32-26-18-16-14-12-10-8-6-4-2/h19-24,27-30,35-36H,3-18,25-26,31-32H2,1-2H3. The summed E-state index contributed by atoms with van der Waals surface area (Å²) in [6.45, 7) is 4.61. The van der Waals surface area contributed by atoms with Gasteiger partial charge in [0.25, 0.3) is 0 Å². The largest absolute Gasteiger partial charge is 0.146 e. The molecule has 0 N–H and O–H groups in total. The molecule has 208 valence electrons. The van der Waals surface area contributed by atoms with Crippen LogP contribution in [-0.2, 0) is 0 Å². The van der Waals surface area contributed by atoms with E-state index in [0.717, 1.165) is 0 Å². The normalized spacial score (nSPS) is 13.0. The maximum Gasteiger partial charge on any atom is 0.0303 e. The fraction of sp³-hybridized carbons (Fsp3) is 0.667. The van der Waals surface area contributed by atoms with Gasteiger partial charge in [0.1, 0.15) is 0 Å². The Kier molecular flexibility index (Phi) is 19.7. The molecule has 0 aliphatic carbocycles. The quantitative estimate of drug-likeness (QED) is 0.123. The summed E-state index contributed by atoms with van der Waals surface area (Å²) in [6, 6.07) is 22.7. The first-order valence-electron chi connectivity index (χ1n) is 16.1. The lowest BCUT2D eigenvalue weighted by Gasteiger charge is -2.25. The molecule has 0 fully saturated rings. The number of rotatable bonds is 24. The first-order valence-corrected chi connectivity index (χ1v) is 17.0. The van der Waals surface area contributed by atoms with Gasteiger partial charge in [-0.1, -0.05) is 190 Å². The lowest BCUT2D eigenvalue weighted by Crippen LogP contribution is -2.02. The van der Waals surface area contributed by atoms with E-state index < -0.39 is 0 Å². The van der Waals surface area contributed by atoms with E-state index in [9.17, 15) is 0 Å². The van der Waals surface area contributed by atoms with Crippen LogP contribution in [0.2, 0.25) is 0 Å². The molecule has 0 bridgehead atoms. The summed E-state index contributed by atoms with van der Waals surface area (Å²) in [5.41, 5.74) is 3.06. The van der Waals surface area contributed by atoms with Crippen LogP contribution in [-0.4, -0.2) is 0 Å². The summed E-state index contributed by atoms with van der Waals surface area (Å²) in [5, 5.41) is 1.21. The molecule has 0 spiro atoms. The highest BCUT2D eigenvalue weighted by atomic mass is 32.2. The number of hydrogen-bond donors (Lipinski definition) is 0. The summed E-state index contributed by atoms with van der Waals surface area (Å²) >= 11 is 2.25. The van der Waals surface area contributed by atoms with Crippen molar-refractivity contribution in [1.82, 2.24) is 0 Å². The van der Waals surface area contributed by atoms with Crippen molar-refractivity contribution < 1.29 is 0 Å². The zero-order chi connectivity index (χ0) is 26.2. The first-order chi connectivity index (χ1) is 18.3. The molecule has 0 radical (unpaired) electrons. The third-order valence-corrected chi connectivity index (χ3v) is 9.48. The first kappa shape index (κ1) is 32.0. The zero-order valence-corrected chi connectivity index (χ0v) is 25.3. The van der Waals surface area contributed by atoms with Gasteiger partial charge in [0.15, 0.2) is 0 Å². The van der Waals surface area contributed by atoms with Crippen LogP contribution in [0.1, 0.15) is 164 Å². The van der Waals surface area contributed by atoms with E-state index in [2.05, 4.69) is 86.3 Å². The van der Waals surface area contributed by atoms with Crippen molar-refractivity contribution in [1.29, 1.82) is 0 Å². The van der Waals surface area contributed by atoms with E-state index in [0.29, 0.717) is 10.5 Å². The molecule has 0 nitrogen and oxygen atoms in total. The third-order valence-electron chi connectivity index (χ3n) is 7.81. The zero-order valence-electron chi connectivity index (χ0n) is 24.5. The second-order valence-electron chi connectivity index (χ2n) is 11.2. The predicted octanol–water partition coefficient (Wildman–Crippen LogP) is 13.0. The highest BCUT2D eigenvalue weighted by molar-refractivity contribution is 7.99. The Morgan fingerprint density at radius 2 is 0.703 bits per heavy atom. The van der Waals surface area contributed by atoms with E-state index in [1.807, 2.05) is 0 Å². The maximum atomic E-state index is 2.37. The van der Waals surface area contributed by atoms with Crippen LogP contribution in [0.25, 0.3) is 0 Å². The number of benzene rings is 2. The topological polar surface area (TPSA) is 0 Å². The van der Waals surface area contributed by atoms with Gasteiger partial charge in [-0.2, -0.15) is 0 Å². The summed E-state index contributed by atoms with van der Waals surface area (Å²) in [6.07, 6.45) is 28.0. The van der Waals surface area contributed by atoms with Gasteiger partial charge in [0.05, 0.1) is 0 Å². The van der Waals surface area contributed by atoms with Gasteiger partial charge in [0.2, 0.25) is 0 Å². The molecule has 2 aromatic rings. The van der Waals surface area contributed by atoms with Crippen LogP contribution >= 0.6 is 11.8 Å². The summed E-state index contributed by atoms with van der Waals surface area (Å²) in [4.78, 5) is 0. The fourth-order valence-corrected chi connectivity index (χ4v) is 7.07. The second-order valence-corrected chi connectivity index (χ2v) is 12.6. The molecular weight excluding hydrogens is 464 g/mol. The molecule has 0 aliphatic rings. The molecule has 37 heavy (non-hydrogen) atoms. The minimum Gasteiger partial charge on any atom is -0.146 e. The SMILES string of the molecule is CCCCCCCCCCCC(SC(CCCCCCCCCCC)c1ccccc1)c1ccccc1. The van der Waals surface area contributed by atoms with Crippen molar-refractivity contribution in [2.45, 2.75) is 153 Å². The summed E-state index contributed by atoms with van der Waals surface area (Å²) in [5.74, 6) is 0. The molecule has 2 aromatic carbocycles. The lowest BCUT2D eigenvalue weighted by atomic mass is 10.0. The van der Waals surface area contributed by atoms with Crippen molar-refractivity contribution in [3.05, 3.63) is 71.8 Å². The highest BCUT2D eigenvalue weighted by Crippen LogP contribution is 2.45. The number of unbranched alkanes of at least 4 members (excludes halogenated alkanes) is 16. The summed E-state index contributed by atoms with van der Waals surface area (Å²) in [7, 11) is 0. The van der Waals surface area contributed by atoms with Gasteiger partial charge in [-0.05, 0) is 24.0 Å². The minimum atomic E-state index is 0.606. The smallest absolute Gasteiger partial charge is 0.0303 e. The molecule has 0 aromatic heterocycles. The molecule has 2 unspecified atom stereocenters. The van der Waals surface area contributed by atoms with Crippen LogP contribution in [0.15, 0.2) is 60.7 Å². The monoisotopic (exact) mass is 522 g/mol. The molecular formula is C36H58S. The van der Waals surface area contributed by atoms with Gasteiger partial charge < -0.3 is 0 Å². The van der Waals surface area contributed by atoms with Gasteiger partial charge in [-0.25, -0.2) is 0 Å². The average Bonchev–Trinajstić information content (AvgIpc) is 2.94. The van der Waals surface area contributed by atoms with Crippen molar-refractivity contribution >= 4 is 11.8 Å². The van der Waals surface area contributed by atoms with Crippen LogP contribution in [0.4, 0.5) is 0 Å². The van der Waals surface area contributed by atoms with Crippen LogP contribution in [0.5, 0.6) is 0 Å². The molecule has 1 heteroatoms. The van der Waals surface area contributed by atoms with E-state index in [4.69, 9.17) is 0 Å². The predicted molar refractivity (Wildman–Crippen MR) is 170 cm³/mol. The van der Waals surface area contributed by atoms with E-state index in [-0.39, 0.29) is 0 Å². The number of hydrogen-bond acceptors (Lipinski definition) is 1. The van der Waals surface area contributed by atoms with Crippen molar-refractivity contribution in [2.24, 2.45) is 0 Å². The maximum absolute atomic E-state index is 2.37. The Morgan fingerprint density at radius 3 is 1.03 bits per heavy atom. The van der Waals surface area contributed by atoms with E-state index in [1.165, 1.54) is 140 Å². The molecule has 0 heterocycles. The van der Waals surface area contributed by atoms with Crippen molar-refractivity contribution in [3.63, 3.8) is 0 Å². The van der Waals surface area contributed by atoms with E-state index >= 15 is 0 Å². The Hall–Kier alpha value is -1.21.